The second-order valence-corrected chi connectivity index (χ2v) is 4.82. The number of nitrogens with two attached hydrogens (primary N) is 1. The molecule has 0 aromatic carbocycles. The fourth-order valence-corrected chi connectivity index (χ4v) is 2.51. The molecule has 1 saturated carbocycles. The van der Waals surface area contributed by atoms with Crippen LogP contribution in [0.5, 0.6) is 0 Å². The summed E-state index contributed by atoms with van der Waals surface area (Å²) in [6, 6.07) is 0. The van der Waals surface area contributed by atoms with Gasteiger partial charge in [-0.2, -0.15) is 13.2 Å². The molecule has 0 spiro atoms. The van der Waals surface area contributed by atoms with Crippen LogP contribution in [0, 0.1) is 11.8 Å². The van der Waals surface area contributed by atoms with Gasteiger partial charge in [0.25, 0.3) is 0 Å². The molecule has 2 N–H and O–H groups in total. The normalized spacial score (nSPS) is 27.4. The first kappa shape index (κ1) is 13.8. The molecule has 0 amide bonds. The molecule has 2 nitrogen and oxygen atoms in total. The van der Waals surface area contributed by atoms with Gasteiger partial charge >= 0.3 is 6.18 Å². The van der Waals surface area contributed by atoms with Crippen molar-refractivity contribution in [2.75, 3.05) is 26.7 Å². The summed E-state index contributed by atoms with van der Waals surface area (Å²) in [4.78, 5) is 2.03. The molecule has 1 fully saturated rings. The molecule has 0 aromatic rings. The van der Waals surface area contributed by atoms with Gasteiger partial charge in [0.1, 0.15) is 0 Å². The Morgan fingerprint density at radius 3 is 2.56 bits per heavy atom. The van der Waals surface area contributed by atoms with Gasteiger partial charge in [-0.05, 0) is 32.2 Å². The fourth-order valence-electron chi connectivity index (χ4n) is 2.51. The van der Waals surface area contributed by atoms with Crippen molar-refractivity contribution in [2.24, 2.45) is 17.6 Å². The first-order chi connectivity index (χ1) is 7.43. The molecular formula is C11H21F3N2. The Labute approximate surface area is 95.0 Å². The minimum absolute atomic E-state index is 0.178. The average Bonchev–Trinajstić information content (AvgIpc) is 2.17. The molecule has 0 radical (unpaired) electrons. The van der Waals surface area contributed by atoms with E-state index in [1.54, 1.807) is 0 Å². The summed E-state index contributed by atoms with van der Waals surface area (Å²) >= 11 is 0. The number of halogens is 3. The first-order valence-corrected chi connectivity index (χ1v) is 5.88. The molecule has 0 aliphatic heterocycles. The third kappa shape index (κ3) is 4.29. The lowest BCUT2D eigenvalue weighted by molar-refractivity contribution is -0.186. The molecule has 2 atom stereocenters. The summed E-state index contributed by atoms with van der Waals surface area (Å²) in [7, 11) is 1.92. The largest absolute Gasteiger partial charge is 0.391 e. The Hall–Kier alpha value is -0.290. The third-order valence-electron chi connectivity index (χ3n) is 3.33. The highest BCUT2D eigenvalue weighted by Crippen LogP contribution is 2.39. The van der Waals surface area contributed by atoms with Crippen molar-refractivity contribution in [3.63, 3.8) is 0 Å². The highest BCUT2D eigenvalue weighted by Gasteiger charge is 2.42. The van der Waals surface area contributed by atoms with Gasteiger partial charge in [-0.1, -0.05) is 6.42 Å². The molecule has 16 heavy (non-hydrogen) atoms. The van der Waals surface area contributed by atoms with E-state index in [1.165, 1.54) is 0 Å². The maximum Gasteiger partial charge on any atom is 0.391 e. The monoisotopic (exact) mass is 238 g/mol. The molecule has 96 valence electrons. The summed E-state index contributed by atoms with van der Waals surface area (Å²) in [6.07, 6.45) is -1.79. The molecule has 1 aliphatic carbocycles. The smallest absolute Gasteiger partial charge is 0.329 e. The van der Waals surface area contributed by atoms with E-state index in [4.69, 9.17) is 5.73 Å². The van der Waals surface area contributed by atoms with Crippen LogP contribution in [0.15, 0.2) is 0 Å². The molecule has 5 heteroatoms. The van der Waals surface area contributed by atoms with E-state index in [0.29, 0.717) is 25.8 Å². The Balaban J connectivity index is 2.39. The van der Waals surface area contributed by atoms with Crippen LogP contribution in [0.2, 0.25) is 0 Å². The predicted molar refractivity (Wildman–Crippen MR) is 58.1 cm³/mol. The van der Waals surface area contributed by atoms with Gasteiger partial charge in [0.05, 0.1) is 5.92 Å². The quantitative estimate of drug-likeness (QED) is 0.814. The summed E-state index contributed by atoms with van der Waals surface area (Å²) in [5.41, 5.74) is 5.41. The highest BCUT2D eigenvalue weighted by molar-refractivity contribution is 4.79. The second-order valence-electron chi connectivity index (χ2n) is 4.82. The third-order valence-corrected chi connectivity index (χ3v) is 3.33. The molecular weight excluding hydrogens is 217 g/mol. The summed E-state index contributed by atoms with van der Waals surface area (Å²) < 4.78 is 37.7. The van der Waals surface area contributed by atoms with Crippen LogP contribution in [0.3, 0.4) is 0 Å². The van der Waals surface area contributed by atoms with Crippen molar-refractivity contribution >= 4 is 0 Å². The van der Waals surface area contributed by atoms with E-state index in [9.17, 15) is 13.2 Å². The zero-order chi connectivity index (χ0) is 12.2. The molecule has 2 unspecified atom stereocenters. The maximum atomic E-state index is 12.6. The van der Waals surface area contributed by atoms with Gasteiger partial charge in [0.15, 0.2) is 0 Å². The molecule has 1 aliphatic rings. The predicted octanol–water partition coefficient (Wildman–Crippen LogP) is 2.25. The van der Waals surface area contributed by atoms with Crippen LogP contribution in [-0.4, -0.2) is 37.8 Å². The van der Waals surface area contributed by atoms with Crippen LogP contribution in [0.25, 0.3) is 0 Å². The molecule has 1 rings (SSSR count). The van der Waals surface area contributed by atoms with Crippen molar-refractivity contribution < 1.29 is 13.2 Å². The minimum atomic E-state index is -4.01. The number of likely N-dealkylation sites (N-methyl/N-ethyl adjacent to an activating group) is 1. The fraction of sp³-hybridized carbons (Fsp3) is 1.00. The van der Waals surface area contributed by atoms with Crippen LogP contribution in [-0.2, 0) is 0 Å². The van der Waals surface area contributed by atoms with Crippen LogP contribution < -0.4 is 5.73 Å². The second kappa shape index (κ2) is 5.87. The maximum absolute atomic E-state index is 12.6. The van der Waals surface area contributed by atoms with E-state index in [1.807, 2.05) is 11.9 Å². The van der Waals surface area contributed by atoms with E-state index in [-0.39, 0.29) is 5.92 Å². The van der Waals surface area contributed by atoms with Crippen molar-refractivity contribution in [2.45, 2.75) is 31.9 Å². The van der Waals surface area contributed by atoms with Gasteiger partial charge in [-0.3, -0.25) is 0 Å². The zero-order valence-corrected chi connectivity index (χ0v) is 9.76. The lowest BCUT2D eigenvalue weighted by atomic mass is 9.81. The number of nitrogens with zero attached hydrogens (tertiary/aromatic N) is 1. The standard InChI is InChI=1S/C11H21F3N2/c1-16(6-5-15)8-9-3-2-4-10(7-9)11(12,13)14/h9-10H,2-8,15H2,1H3. The number of rotatable bonds is 4. The Bertz CT molecular complexity index is 206. The van der Waals surface area contributed by atoms with Gasteiger partial charge in [-0.25, -0.2) is 0 Å². The van der Waals surface area contributed by atoms with Gasteiger partial charge in [0, 0.05) is 19.6 Å². The average molecular weight is 238 g/mol. The minimum Gasteiger partial charge on any atom is -0.329 e. The Kier molecular flexibility index (Phi) is 5.05. The zero-order valence-electron chi connectivity index (χ0n) is 9.76. The van der Waals surface area contributed by atoms with Crippen molar-refractivity contribution in [1.29, 1.82) is 0 Å². The summed E-state index contributed by atoms with van der Waals surface area (Å²) in [5.74, 6) is -0.908. The van der Waals surface area contributed by atoms with Crippen molar-refractivity contribution in [3.8, 4) is 0 Å². The molecule has 0 saturated heterocycles. The van der Waals surface area contributed by atoms with Crippen molar-refractivity contribution in [1.82, 2.24) is 4.90 Å². The number of hydrogen-bond acceptors (Lipinski definition) is 2. The Morgan fingerprint density at radius 2 is 2.00 bits per heavy atom. The van der Waals surface area contributed by atoms with Gasteiger partial charge < -0.3 is 10.6 Å². The van der Waals surface area contributed by atoms with Gasteiger partial charge in [-0.15, -0.1) is 0 Å². The van der Waals surface area contributed by atoms with Crippen molar-refractivity contribution in [3.05, 3.63) is 0 Å². The number of hydrogen-bond donors (Lipinski definition) is 1. The summed E-state index contributed by atoms with van der Waals surface area (Å²) in [5, 5.41) is 0. The van der Waals surface area contributed by atoms with E-state index in [2.05, 4.69) is 0 Å². The highest BCUT2D eigenvalue weighted by atomic mass is 19.4. The van der Waals surface area contributed by atoms with E-state index in [0.717, 1.165) is 19.5 Å². The van der Waals surface area contributed by atoms with E-state index < -0.39 is 12.1 Å². The summed E-state index contributed by atoms with van der Waals surface area (Å²) in [6.45, 7) is 2.06. The van der Waals surface area contributed by atoms with Crippen LogP contribution in [0.1, 0.15) is 25.7 Å². The molecule has 0 aromatic heterocycles. The van der Waals surface area contributed by atoms with Crippen LogP contribution in [0.4, 0.5) is 13.2 Å². The number of alkyl halides is 3. The molecule has 0 heterocycles. The van der Waals surface area contributed by atoms with E-state index >= 15 is 0 Å². The Morgan fingerprint density at radius 1 is 1.31 bits per heavy atom. The lowest BCUT2D eigenvalue weighted by Gasteiger charge is -2.32. The lowest BCUT2D eigenvalue weighted by Crippen LogP contribution is -2.35. The first-order valence-electron chi connectivity index (χ1n) is 5.88. The molecule has 0 bridgehead atoms. The topological polar surface area (TPSA) is 29.3 Å². The van der Waals surface area contributed by atoms with Gasteiger partial charge in [0.2, 0.25) is 0 Å². The van der Waals surface area contributed by atoms with Crippen LogP contribution >= 0.6 is 0 Å². The SMILES string of the molecule is CN(CCN)CC1CCCC(C(F)(F)F)C1.